The first kappa shape index (κ1) is 20.0. The second-order valence-electron chi connectivity index (χ2n) is 6.06. The molecule has 142 valence electrons. The zero-order valence-corrected chi connectivity index (χ0v) is 16.6. The van der Waals surface area contributed by atoms with E-state index < -0.39 is 9.84 Å². The van der Waals surface area contributed by atoms with E-state index in [2.05, 4.69) is 20.7 Å². The van der Waals surface area contributed by atoms with Gasteiger partial charge in [-0.2, -0.15) is 5.10 Å². The van der Waals surface area contributed by atoms with Gasteiger partial charge >= 0.3 is 0 Å². The third-order valence-electron chi connectivity index (χ3n) is 4.04. The number of aliphatic imine (C=N–C) groups is 1. The van der Waals surface area contributed by atoms with Gasteiger partial charge in [0.1, 0.15) is 0 Å². The van der Waals surface area contributed by atoms with Gasteiger partial charge in [0, 0.05) is 31.6 Å². The molecule has 0 aliphatic rings. The van der Waals surface area contributed by atoms with Crippen LogP contribution >= 0.6 is 0 Å². The molecule has 26 heavy (non-hydrogen) atoms. The van der Waals surface area contributed by atoms with Gasteiger partial charge in [-0.05, 0) is 31.5 Å². The Hall–Kier alpha value is -2.35. The highest BCUT2D eigenvalue weighted by molar-refractivity contribution is 7.91. The molecule has 2 aromatic rings. The van der Waals surface area contributed by atoms with Crippen LogP contribution in [0, 0.1) is 13.8 Å². The predicted octanol–water partition coefficient (Wildman–Crippen LogP) is 1.59. The summed E-state index contributed by atoms with van der Waals surface area (Å²) in [6.07, 6.45) is 0. The normalized spacial score (nSPS) is 12.2. The van der Waals surface area contributed by atoms with Gasteiger partial charge in [0.2, 0.25) is 0 Å². The van der Waals surface area contributed by atoms with Crippen molar-refractivity contribution >= 4 is 15.8 Å². The van der Waals surface area contributed by atoms with Crippen LogP contribution in [0.1, 0.15) is 23.9 Å². The number of para-hydroxylation sites is 1. The SMILES string of the molecule is CCS(=O)(=O)CCNC(=NC)NCc1ccccc1-n1nc(C)cc1C. The lowest BCUT2D eigenvalue weighted by atomic mass is 10.1. The molecule has 2 N–H and O–H groups in total. The van der Waals surface area contributed by atoms with Crippen LogP contribution in [0.25, 0.3) is 5.69 Å². The van der Waals surface area contributed by atoms with Gasteiger partial charge in [-0.1, -0.05) is 25.1 Å². The summed E-state index contributed by atoms with van der Waals surface area (Å²) in [5.41, 5.74) is 4.12. The van der Waals surface area contributed by atoms with Gasteiger partial charge in [-0.15, -0.1) is 0 Å². The van der Waals surface area contributed by atoms with E-state index in [-0.39, 0.29) is 11.5 Å². The van der Waals surface area contributed by atoms with E-state index in [0.717, 1.165) is 22.6 Å². The lowest BCUT2D eigenvalue weighted by molar-refractivity contribution is 0.595. The average Bonchev–Trinajstić information content (AvgIpc) is 2.96. The fraction of sp³-hybridized carbons (Fsp3) is 0.444. The van der Waals surface area contributed by atoms with E-state index >= 15 is 0 Å². The van der Waals surface area contributed by atoms with Crippen molar-refractivity contribution in [1.29, 1.82) is 0 Å². The first-order valence-corrected chi connectivity index (χ1v) is 10.4. The molecule has 8 heteroatoms. The van der Waals surface area contributed by atoms with E-state index in [1.165, 1.54) is 0 Å². The van der Waals surface area contributed by atoms with Crippen LogP contribution in [0.5, 0.6) is 0 Å². The van der Waals surface area contributed by atoms with Gasteiger partial charge in [0.15, 0.2) is 15.8 Å². The molecule has 0 saturated heterocycles. The zero-order valence-electron chi connectivity index (χ0n) is 15.8. The first-order chi connectivity index (χ1) is 12.4. The predicted molar refractivity (Wildman–Crippen MR) is 106 cm³/mol. The second-order valence-corrected chi connectivity index (χ2v) is 8.53. The zero-order chi connectivity index (χ0) is 19.2. The summed E-state index contributed by atoms with van der Waals surface area (Å²) in [5, 5.41) is 10.8. The minimum absolute atomic E-state index is 0.0898. The summed E-state index contributed by atoms with van der Waals surface area (Å²) < 4.78 is 25.1. The van der Waals surface area contributed by atoms with E-state index in [0.29, 0.717) is 19.0 Å². The van der Waals surface area contributed by atoms with Crippen molar-refractivity contribution < 1.29 is 8.42 Å². The molecule has 0 radical (unpaired) electrons. The Morgan fingerprint density at radius 3 is 2.58 bits per heavy atom. The summed E-state index contributed by atoms with van der Waals surface area (Å²) in [7, 11) is -1.33. The van der Waals surface area contributed by atoms with Gasteiger partial charge < -0.3 is 10.6 Å². The number of rotatable bonds is 7. The molecule has 0 spiro atoms. The molecule has 2 rings (SSSR count). The topological polar surface area (TPSA) is 88.4 Å². The highest BCUT2D eigenvalue weighted by Crippen LogP contribution is 2.16. The molecule has 1 heterocycles. The lowest BCUT2D eigenvalue weighted by Gasteiger charge is -2.15. The molecular weight excluding hydrogens is 350 g/mol. The molecule has 0 saturated carbocycles. The van der Waals surface area contributed by atoms with Crippen LogP contribution in [0.3, 0.4) is 0 Å². The van der Waals surface area contributed by atoms with Gasteiger partial charge in [0.05, 0.1) is 17.1 Å². The standard InChI is InChI=1S/C18H27N5O2S/c1-5-26(24,25)11-10-20-18(19-4)21-13-16-8-6-7-9-17(16)23-15(3)12-14(2)22-23/h6-9,12H,5,10-11,13H2,1-4H3,(H2,19,20,21). The Balaban J connectivity index is 2.04. The minimum Gasteiger partial charge on any atom is -0.355 e. The summed E-state index contributed by atoms with van der Waals surface area (Å²) in [6.45, 7) is 6.53. The Kier molecular flexibility index (Phi) is 6.79. The van der Waals surface area contributed by atoms with Crippen LogP contribution in [-0.2, 0) is 16.4 Å². The fourth-order valence-electron chi connectivity index (χ4n) is 2.61. The van der Waals surface area contributed by atoms with Gasteiger partial charge in [0.25, 0.3) is 0 Å². The van der Waals surface area contributed by atoms with Crippen LogP contribution < -0.4 is 10.6 Å². The quantitative estimate of drug-likeness (QED) is 0.565. The maximum Gasteiger partial charge on any atom is 0.191 e. The molecule has 0 aliphatic carbocycles. The van der Waals surface area contributed by atoms with Crippen molar-refractivity contribution in [1.82, 2.24) is 20.4 Å². The third kappa shape index (κ3) is 5.32. The lowest BCUT2D eigenvalue weighted by Crippen LogP contribution is -2.39. The number of aromatic nitrogens is 2. The van der Waals surface area contributed by atoms with Crippen LogP contribution in [-0.4, -0.2) is 49.3 Å². The largest absolute Gasteiger partial charge is 0.355 e. The van der Waals surface area contributed by atoms with Crippen molar-refractivity contribution in [3.05, 3.63) is 47.3 Å². The van der Waals surface area contributed by atoms with Gasteiger partial charge in [-0.3, -0.25) is 4.99 Å². The number of guanidine groups is 1. The molecule has 0 unspecified atom stereocenters. The number of hydrogen-bond acceptors (Lipinski definition) is 4. The van der Waals surface area contributed by atoms with Crippen LogP contribution in [0.4, 0.5) is 0 Å². The molecule has 0 atom stereocenters. The van der Waals surface area contributed by atoms with E-state index in [1.807, 2.05) is 48.9 Å². The number of hydrogen-bond donors (Lipinski definition) is 2. The van der Waals surface area contributed by atoms with E-state index in [1.54, 1.807) is 14.0 Å². The van der Waals surface area contributed by atoms with Crippen molar-refractivity contribution in [2.24, 2.45) is 4.99 Å². The molecule has 0 aliphatic heterocycles. The second kappa shape index (κ2) is 8.84. The Labute approximate surface area is 155 Å². The summed E-state index contributed by atoms with van der Waals surface area (Å²) in [4.78, 5) is 4.15. The Bertz CT molecular complexity index is 871. The molecule has 7 nitrogen and oxygen atoms in total. The molecule has 0 amide bonds. The first-order valence-electron chi connectivity index (χ1n) is 8.62. The summed E-state index contributed by atoms with van der Waals surface area (Å²) >= 11 is 0. The molecular formula is C18H27N5O2S. The maximum absolute atomic E-state index is 11.6. The third-order valence-corrected chi connectivity index (χ3v) is 5.75. The van der Waals surface area contributed by atoms with E-state index in [4.69, 9.17) is 0 Å². The summed E-state index contributed by atoms with van der Waals surface area (Å²) in [5.74, 6) is 0.808. The highest BCUT2D eigenvalue weighted by atomic mass is 32.2. The Morgan fingerprint density at radius 2 is 1.96 bits per heavy atom. The molecule has 0 fully saturated rings. The number of aryl methyl sites for hydroxylation is 2. The maximum atomic E-state index is 11.6. The molecule has 1 aromatic carbocycles. The van der Waals surface area contributed by atoms with Crippen LogP contribution in [0.15, 0.2) is 35.3 Å². The molecule has 0 bridgehead atoms. The molecule has 1 aromatic heterocycles. The number of benzene rings is 1. The minimum atomic E-state index is -2.99. The Morgan fingerprint density at radius 1 is 1.23 bits per heavy atom. The fourth-order valence-corrected chi connectivity index (χ4v) is 3.31. The monoisotopic (exact) mass is 377 g/mol. The summed E-state index contributed by atoms with van der Waals surface area (Å²) in [6, 6.07) is 10.1. The van der Waals surface area contributed by atoms with Gasteiger partial charge in [-0.25, -0.2) is 13.1 Å². The van der Waals surface area contributed by atoms with Crippen LogP contribution in [0.2, 0.25) is 0 Å². The smallest absolute Gasteiger partial charge is 0.191 e. The van der Waals surface area contributed by atoms with E-state index in [9.17, 15) is 8.42 Å². The number of nitrogens with one attached hydrogen (secondary N) is 2. The van der Waals surface area contributed by atoms with Crippen molar-refractivity contribution in [2.75, 3.05) is 25.1 Å². The average molecular weight is 378 g/mol. The van der Waals surface area contributed by atoms with Crippen molar-refractivity contribution in [3.63, 3.8) is 0 Å². The number of sulfone groups is 1. The number of nitrogens with zero attached hydrogens (tertiary/aromatic N) is 3. The highest BCUT2D eigenvalue weighted by Gasteiger charge is 2.10. The van der Waals surface area contributed by atoms with Crippen molar-refractivity contribution in [2.45, 2.75) is 27.3 Å². The van der Waals surface area contributed by atoms with Crippen molar-refractivity contribution in [3.8, 4) is 5.69 Å².